The van der Waals surface area contributed by atoms with E-state index in [1.165, 1.54) is 0 Å². The average molecular weight is 533 g/mol. The minimum Gasteiger partial charge on any atom is -0.382 e. The summed E-state index contributed by atoms with van der Waals surface area (Å²) in [7, 11) is 1.65. The molecule has 0 aliphatic carbocycles. The molecule has 5 rings (SSSR count). The van der Waals surface area contributed by atoms with E-state index in [9.17, 15) is 4.79 Å². The Balaban J connectivity index is 1.21. The van der Waals surface area contributed by atoms with Gasteiger partial charge in [-0.2, -0.15) is 9.67 Å². The lowest BCUT2D eigenvalue weighted by Crippen LogP contribution is -2.41. The van der Waals surface area contributed by atoms with Crippen LogP contribution in [-0.2, 0) is 20.8 Å². The molecule has 0 bridgehead atoms. The number of carbonyl (C=O) groups excluding carboxylic acids is 1. The number of anilines is 2. The molecule has 12 heteroatoms. The van der Waals surface area contributed by atoms with Crippen molar-refractivity contribution >= 4 is 28.7 Å². The van der Waals surface area contributed by atoms with Gasteiger partial charge in [0, 0.05) is 44.5 Å². The van der Waals surface area contributed by atoms with Gasteiger partial charge in [0.2, 0.25) is 5.95 Å². The summed E-state index contributed by atoms with van der Waals surface area (Å²) in [6.45, 7) is 6.24. The van der Waals surface area contributed by atoms with Crippen molar-refractivity contribution in [1.29, 1.82) is 0 Å². The number of morpholine rings is 1. The molecule has 0 atom stereocenters. The summed E-state index contributed by atoms with van der Waals surface area (Å²) in [4.78, 5) is 23.8. The summed E-state index contributed by atoms with van der Waals surface area (Å²) >= 11 is 0. The molecular formula is C27H32N8O4. The molecule has 1 amide bonds. The van der Waals surface area contributed by atoms with Gasteiger partial charge in [0.25, 0.3) is 5.91 Å². The zero-order valence-corrected chi connectivity index (χ0v) is 21.9. The predicted molar refractivity (Wildman–Crippen MR) is 145 cm³/mol. The van der Waals surface area contributed by atoms with Gasteiger partial charge >= 0.3 is 0 Å². The Hall–Kier alpha value is -3.97. The first-order chi connectivity index (χ1) is 19.2. The van der Waals surface area contributed by atoms with Gasteiger partial charge in [0.05, 0.1) is 44.9 Å². The van der Waals surface area contributed by atoms with Crippen LogP contribution in [0.25, 0.3) is 16.9 Å². The van der Waals surface area contributed by atoms with Crippen molar-refractivity contribution in [3.63, 3.8) is 0 Å². The number of nitrogens with one attached hydrogen (secondary N) is 2. The summed E-state index contributed by atoms with van der Waals surface area (Å²) in [6, 6.07) is 15.1. The molecule has 3 heterocycles. The molecule has 0 saturated carbocycles. The van der Waals surface area contributed by atoms with E-state index in [-0.39, 0.29) is 5.91 Å². The zero-order chi connectivity index (χ0) is 26.9. The Labute approximate surface area is 226 Å². The third kappa shape index (κ3) is 7.12. The van der Waals surface area contributed by atoms with Gasteiger partial charge in [-0.3, -0.25) is 9.69 Å². The molecule has 2 N–H and O–H groups in total. The van der Waals surface area contributed by atoms with Crippen LogP contribution in [0.15, 0.2) is 54.7 Å². The minimum absolute atomic E-state index is 0.103. The van der Waals surface area contributed by atoms with Crippen molar-refractivity contribution in [3.8, 4) is 5.69 Å². The van der Waals surface area contributed by atoms with Crippen molar-refractivity contribution in [2.75, 3.05) is 65.0 Å². The van der Waals surface area contributed by atoms with Crippen LogP contribution in [-0.4, -0.2) is 95.5 Å². The van der Waals surface area contributed by atoms with Gasteiger partial charge in [0.1, 0.15) is 0 Å². The molecule has 2 aromatic carbocycles. The van der Waals surface area contributed by atoms with Gasteiger partial charge in [-0.05, 0) is 42.0 Å². The molecule has 204 valence electrons. The maximum atomic E-state index is 12.5. The molecule has 4 aromatic rings. The number of amides is 1. The summed E-state index contributed by atoms with van der Waals surface area (Å²) in [6.07, 6.45) is 1.63. The highest BCUT2D eigenvalue weighted by atomic mass is 16.5. The van der Waals surface area contributed by atoms with Crippen LogP contribution in [0.5, 0.6) is 0 Å². The summed E-state index contributed by atoms with van der Waals surface area (Å²) in [5.41, 5.74) is 4.32. The van der Waals surface area contributed by atoms with Crippen molar-refractivity contribution in [2.24, 2.45) is 0 Å². The lowest BCUT2D eigenvalue weighted by Gasteiger charge is -2.26. The van der Waals surface area contributed by atoms with Crippen molar-refractivity contribution in [1.82, 2.24) is 35.2 Å². The van der Waals surface area contributed by atoms with Crippen LogP contribution in [0.1, 0.15) is 15.9 Å². The normalized spacial score (nSPS) is 14.0. The fourth-order valence-electron chi connectivity index (χ4n) is 4.16. The number of carbonyl (C=O) groups is 1. The van der Waals surface area contributed by atoms with Crippen molar-refractivity contribution in [3.05, 3.63) is 65.9 Å². The second kappa shape index (κ2) is 13.2. The van der Waals surface area contributed by atoms with Crippen LogP contribution in [0.3, 0.4) is 0 Å². The SMILES string of the molecule is COCCOCc1cccc(-n2nnc3cnc(Nc4ccc(C(=O)NCCN5CCOCC5)cc4)nc32)c1. The molecule has 1 aliphatic heterocycles. The molecule has 0 radical (unpaired) electrons. The van der Waals surface area contributed by atoms with Gasteiger partial charge < -0.3 is 24.8 Å². The summed E-state index contributed by atoms with van der Waals surface area (Å²) < 4.78 is 17.7. The molecule has 39 heavy (non-hydrogen) atoms. The van der Waals surface area contributed by atoms with Crippen molar-refractivity contribution in [2.45, 2.75) is 6.61 Å². The van der Waals surface area contributed by atoms with E-state index in [1.54, 1.807) is 30.1 Å². The van der Waals surface area contributed by atoms with Crippen LogP contribution in [0, 0.1) is 0 Å². The topological polar surface area (TPSA) is 129 Å². The van der Waals surface area contributed by atoms with E-state index >= 15 is 0 Å². The first-order valence-electron chi connectivity index (χ1n) is 12.9. The van der Waals surface area contributed by atoms with E-state index in [1.807, 2.05) is 36.4 Å². The average Bonchev–Trinajstić information content (AvgIpc) is 3.40. The Bertz CT molecular complexity index is 1370. The smallest absolute Gasteiger partial charge is 0.251 e. The van der Waals surface area contributed by atoms with Crippen molar-refractivity contribution < 1.29 is 19.0 Å². The Morgan fingerprint density at radius 3 is 2.77 bits per heavy atom. The highest BCUT2D eigenvalue weighted by Crippen LogP contribution is 2.19. The highest BCUT2D eigenvalue weighted by Gasteiger charge is 2.13. The quantitative estimate of drug-likeness (QED) is 0.262. The standard InChI is InChI=1S/C27H32N8O4/c1-37-15-16-39-19-20-3-2-4-23(17-20)35-25-24(32-33-35)18-29-27(31-25)30-22-7-5-21(6-8-22)26(36)28-9-10-34-11-13-38-14-12-34/h2-8,17-18H,9-16,19H2,1H3,(H,28,36)(H,29,30,31). The zero-order valence-electron chi connectivity index (χ0n) is 21.9. The van der Waals surface area contributed by atoms with Crippen LogP contribution < -0.4 is 10.6 Å². The Kier molecular flexibility index (Phi) is 9.01. The number of methoxy groups -OCH3 is 1. The van der Waals surface area contributed by atoms with Crippen LogP contribution in [0.4, 0.5) is 11.6 Å². The van der Waals surface area contributed by atoms with Crippen LogP contribution in [0.2, 0.25) is 0 Å². The van der Waals surface area contributed by atoms with Gasteiger partial charge in [-0.15, -0.1) is 5.10 Å². The first-order valence-corrected chi connectivity index (χ1v) is 12.9. The molecular weight excluding hydrogens is 500 g/mol. The molecule has 12 nitrogen and oxygen atoms in total. The molecule has 0 spiro atoms. The fraction of sp³-hybridized carbons (Fsp3) is 0.370. The Morgan fingerprint density at radius 1 is 1.10 bits per heavy atom. The summed E-state index contributed by atoms with van der Waals surface area (Å²) in [5, 5.41) is 14.6. The number of hydrogen-bond donors (Lipinski definition) is 2. The van der Waals surface area contributed by atoms with Gasteiger partial charge in [-0.1, -0.05) is 17.3 Å². The lowest BCUT2D eigenvalue weighted by atomic mass is 10.2. The highest BCUT2D eigenvalue weighted by molar-refractivity contribution is 5.94. The molecule has 0 unspecified atom stereocenters. The van der Waals surface area contributed by atoms with E-state index in [4.69, 9.17) is 14.2 Å². The second-order valence-corrected chi connectivity index (χ2v) is 9.03. The predicted octanol–water partition coefficient (Wildman–Crippen LogP) is 2.18. The number of aromatic nitrogens is 5. The van der Waals surface area contributed by atoms with E-state index in [2.05, 4.69) is 35.8 Å². The number of rotatable bonds is 12. The van der Waals surface area contributed by atoms with E-state index in [0.717, 1.165) is 49.8 Å². The number of nitrogens with zero attached hydrogens (tertiary/aromatic N) is 6. The number of benzene rings is 2. The van der Waals surface area contributed by atoms with Gasteiger partial charge in [0.15, 0.2) is 11.2 Å². The number of hydrogen-bond acceptors (Lipinski definition) is 10. The summed E-state index contributed by atoms with van der Waals surface area (Å²) in [5.74, 6) is 0.293. The van der Waals surface area contributed by atoms with Gasteiger partial charge in [-0.25, -0.2) is 4.98 Å². The van der Waals surface area contributed by atoms with E-state index in [0.29, 0.717) is 49.0 Å². The second-order valence-electron chi connectivity index (χ2n) is 9.03. The third-order valence-electron chi connectivity index (χ3n) is 6.27. The third-order valence-corrected chi connectivity index (χ3v) is 6.27. The number of fused-ring (bicyclic) bond motifs is 1. The molecule has 1 saturated heterocycles. The largest absolute Gasteiger partial charge is 0.382 e. The fourth-order valence-corrected chi connectivity index (χ4v) is 4.16. The Morgan fingerprint density at radius 2 is 1.95 bits per heavy atom. The minimum atomic E-state index is -0.103. The van der Waals surface area contributed by atoms with E-state index < -0.39 is 0 Å². The number of ether oxygens (including phenoxy) is 3. The molecule has 2 aromatic heterocycles. The maximum absolute atomic E-state index is 12.5. The first kappa shape index (κ1) is 26.6. The van der Waals surface area contributed by atoms with Crippen LogP contribution >= 0.6 is 0 Å². The molecule has 1 fully saturated rings. The monoisotopic (exact) mass is 532 g/mol. The molecule has 1 aliphatic rings. The maximum Gasteiger partial charge on any atom is 0.251 e. The lowest BCUT2D eigenvalue weighted by molar-refractivity contribution is 0.0383.